The van der Waals surface area contributed by atoms with Crippen LogP contribution in [0.25, 0.3) is 0 Å². The summed E-state index contributed by atoms with van der Waals surface area (Å²) in [5, 5.41) is 4.20. The summed E-state index contributed by atoms with van der Waals surface area (Å²) in [7, 11) is 0. The molecule has 21 heavy (non-hydrogen) atoms. The lowest BCUT2D eigenvalue weighted by molar-refractivity contribution is 0.253. The van der Waals surface area contributed by atoms with E-state index in [4.69, 9.17) is 16.3 Å². The first-order valence-electron chi connectivity index (χ1n) is 7.13. The van der Waals surface area contributed by atoms with E-state index in [2.05, 4.69) is 11.4 Å². The Hall–Kier alpha value is -1.58. The molecule has 1 atom stereocenters. The molecule has 1 heterocycles. The van der Waals surface area contributed by atoms with Crippen LogP contribution in [0.1, 0.15) is 23.6 Å². The van der Waals surface area contributed by atoms with Crippen molar-refractivity contribution in [1.82, 2.24) is 5.32 Å². The van der Waals surface area contributed by atoms with Gasteiger partial charge in [0, 0.05) is 18.0 Å². The van der Waals surface area contributed by atoms with Crippen molar-refractivity contribution in [2.45, 2.75) is 18.9 Å². The highest BCUT2D eigenvalue weighted by Gasteiger charge is 2.22. The van der Waals surface area contributed by atoms with Crippen LogP contribution in [0, 0.1) is 5.82 Å². The molecule has 2 aromatic carbocycles. The van der Waals surface area contributed by atoms with Gasteiger partial charge in [0.05, 0.1) is 11.6 Å². The first-order valence-corrected chi connectivity index (χ1v) is 7.51. The third kappa shape index (κ3) is 3.36. The Labute approximate surface area is 128 Å². The highest BCUT2D eigenvalue weighted by Crippen LogP contribution is 2.37. The van der Waals surface area contributed by atoms with Crippen molar-refractivity contribution < 1.29 is 9.13 Å². The summed E-state index contributed by atoms with van der Waals surface area (Å²) < 4.78 is 18.5. The van der Waals surface area contributed by atoms with Gasteiger partial charge in [-0.2, -0.15) is 0 Å². The second-order valence-corrected chi connectivity index (χ2v) is 5.59. The van der Waals surface area contributed by atoms with E-state index in [1.165, 1.54) is 12.1 Å². The van der Waals surface area contributed by atoms with E-state index in [1.807, 2.05) is 24.3 Å². The van der Waals surface area contributed by atoms with Gasteiger partial charge < -0.3 is 10.1 Å². The number of hydrogen-bond acceptors (Lipinski definition) is 2. The van der Waals surface area contributed by atoms with Crippen LogP contribution in [0.5, 0.6) is 5.75 Å². The van der Waals surface area contributed by atoms with Crippen LogP contribution in [0.4, 0.5) is 4.39 Å². The molecule has 0 amide bonds. The van der Waals surface area contributed by atoms with Crippen LogP contribution in [0.15, 0.2) is 42.5 Å². The molecule has 0 radical (unpaired) electrons. The van der Waals surface area contributed by atoms with Gasteiger partial charge in [0.15, 0.2) is 0 Å². The predicted molar refractivity (Wildman–Crippen MR) is 82.4 cm³/mol. The summed E-state index contributed by atoms with van der Waals surface area (Å²) in [6.07, 6.45) is 1.80. The summed E-state index contributed by atoms with van der Waals surface area (Å²) in [6.45, 7) is 1.51. The minimum atomic E-state index is -0.195. The van der Waals surface area contributed by atoms with E-state index in [1.54, 1.807) is 0 Å². The second-order valence-electron chi connectivity index (χ2n) is 5.18. The highest BCUT2D eigenvalue weighted by atomic mass is 35.5. The zero-order valence-electron chi connectivity index (χ0n) is 11.6. The van der Waals surface area contributed by atoms with Crippen molar-refractivity contribution in [2.75, 3.05) is 13.2 Å². The summed E-state index contributed by atoms with van der Waals surface area (Å²) in [5.74, 6) is 0.601. The molecule has 110 valence electrons. The van der Waals surface area contributed by atoms with Gasteiger partial charge in [-0.05, 0) is 36.7 Å². The number of ether oxygens (including phenoxy) is 1. The SMILES string of the molecule is Fc1ccc(CCNC2CCOc3c(Cl)cccc32)cc1. The van der Waals surface area contributed by atoms with E-state index < -0.39 is 0 Å². The maximum Gasteiger partial charge on any atom is 0.142 e. The predicted octanol–water partition coefficient (Wildman–Crippen LogP) is 4.14. The van der Waals surface area contributed by atoms with Crippen LogP contribution in [-0.2, 0) is 6.42 Å². The molecule has 1 N–H and O–H groups in total. The molecule has 0 aromatic heterocycles. The van der Waals surface area contributed by atoms with Gasteiger partial charge in [0.1, 0.15) is 11.6 Å². The molecule has 1 aliphatic heterocycles. The minimum absolute atomic E-state index is 0.195. The van der Waals surface area contributed by atoms with Crippen molar-refractivity contribution in [2.24, 2.45) is 0 Å². The van der Waals surface area contributed by atoms with Gasteiger partial charge in [-0.1, -0.05) is 35.9 Å². The lowest BCUT2D eigenvalue weighted by atomic mass is 10.00. The van der Waals surface area contributed by atoms with Gasteiger partial charge in [0.25, 0.3) is 0 Å². The Morgan fingerprint density at radius 3 is 2.81 bits per heavy atom. The summed E-state index contributed by atoms with van der Waals surface area (Å²) in [5.41, 5.74) is 2.25. The van der Waals surface area contributed by atoms with Crippen molar-refractivity contribution in [3.63, 3.8) is 0 Å². The van der Waals surface area contributed by atoms with Crippen LogP contribution < -0.4 is 10.1 Å². The van der Waals surface area contributed by atoms with Gasteiger partial charge in [-0.3, -0.25) is 0 Å². The molecule has 2 nitrogen and oxygen atoms in total. The molecule has 0 saturated carbocycles. The Morgan fingerprint density at radius 2 is 2.00 bits per heavy atom. The normalized spacial score (nSPS) is 17.1. The maximum absolute atomic E-state index is 12.9. The molecular weight excluding hydrogens is 289 g/mol. The van der Waals surface area contributed by atoms with Crippen molar-refractivity contribution in [3.8, 4) is 5.75 Å². The first-order chi connectivity index (χ1) is 10.2. The van der Waals surface area contributed by atoms with E-state index in [-0.39, 0.29) is 11.9 Å². The fourth-order valence-electron chi connectivity index (χ4n) is 2.64. The molecule has 0 spiro atoms. The molecule has 1 unspecified atom stereocenters. The van der Waals surface area contributed by atoms with Gasteiger partial charge >= 0.3 is 0 Å². The first kappa shape index (κ1) is 14.4. The molecule has 0 fully saturated rings. The maximum atomic E-state index is 12.9. The number of para-hydroxylation sites is 1. The third-order valence-electron chi connectivity index (χ3n) is 3.74. The second kappa shape index (κ2) is 6.46. The highest BCUT2D eigenvalue weighted by molar-refractivity contribution is 6.32. The smallest absolute Gasteiger partial charge is 0.142 e. The number of hydrogen-bond donors (Lipinski definition) is 1. The van der Waals surface area contributed by atoms with Gasteiger partial charge in [0.2, 0.25) is 0 Å². The average molecular weight is 306 g/mol. The number of rotatable bonds is 4. The Kier molecular flexibility index (Phi) is 4.42. The molecule has 0 bridgehead atoms. The molecule has 0 aliphatic carbocycles. The zero-order valence-corrected chi connectivity index (χ0v) is 12.4. The molecular formula is C17H17ClFNO. The lowest BCUT2D eigenvalue weighted by Gasteiger charge is -2.27. The fraction of sp³-hybridized carbons (Fsp3) is 0.294. The van der Waals surface area contributed by atoms with E-state index in [0.717, 1.165) is 36.3 Å². The largest absolute Gasteiger partial charge is 0.492 e. The van der Waals surface area contributed by atoms with Crippen molar-refractivity contribution in [3.05, 3.63) is 64.4 Å². The summed E-state index contributed by atoms with van der Waals surface area (Å²) >= 11 is 6.16. The van der Waals surface area contributed by atoms with Crippen LogP contribution in [-0.4, -0.2) is 13.2 Å². The van der Waals surface area contributed by atoms with Gasteiger partial charge in [-0.15, -0.1) is 0 Å². The number of halogens is 2. The number of nitrogens with one attached hydrogen (secondary N) is 1. The number of fused-ring (bicyclic) bond motifs is 1. The third-order valence-corrected chi connectivity index (χ3v) is 4.04. The number of benzene rings is 2. The molecule has 3 rings (SSSR count). The monoisotopic (exact) mass is 305 g/mol. The van der Waals surface area contributed by atoms with E-state index in [0.29, 0.717) is 11.6 Å². The van der Waals surface area contributed by atoms with Gasteiger partial charge in [-0.25, -0.2) is 4.39 Å². The standard InChI is InChI=1S/C17H17ClFNO/c18-15-3-1-2-14-16(9-11-21-17(14)15)20-10-8-12-4-6-13(19)7-5-12/h1-7,16,20H,8-11H2. The summed E-state index contributed by atoms with van der Waals surface area (Å²) in [4.78, 5) is 0. The topological polar surface area (TPSA) is 21.3 Å². The molecule has 4 heteroatoms. The summed E-state index contributed by atoms with van der Waals surface area (Å²) in [6, 6.07) is 12.8. The Bertz CT molecular complexity index is 615. The average Bonchev–Trinajstić information content (AvgIpc) is 2.50. The fourth-order valence-corrected chi connectivity index (χ4v) is 2.88. The Balaban J connectivity index is 1.62. The van der Waals surface area contributed by atoms with E-state index >= 15 is 0 Å². The lowest BCUT2D eigenvalue weighted by Crippen LogP contribution is -2.28. The van der Waals surface area contributed by atoms with E-state index in [9.17, 15) is 4.39 Å². The van der Waals surface area contributed by atoms with Crippen LogP contribution in [0.2, 0.25) is 5.02 Å². The molecule has 1 aliphatic rings. The Morgan fingerprint density at radius 1 is 1.19 bits per heavy atom. The minimum Gasteiger partial charge on any atom is -0.492 e. The quantitative estimate of drug-likeness (QED) is 0.917. The van der Waals surface area contributed by atoms with Crippen molar-refractivity contribution in [1.29, 1.82) is 0 Å². The zero-order chi connectivity index (χ0) is 14.7. The molecule has 2 aromatic rings. The van der Waals surface area contributed by atoms with Crippen LogP contribution >= 0.6 is 11.6 Å². The van der Waals surface area contributed by atoms with Crippen molar-refractivity contribution >= 4 is 11.6 Å². The molecule has 0 saturated heterocycles. The van der Waals surface area contributed by atoms with Crippen LogP contribution in [0.3, 0.4) is 0 Å².